The maximum Gasteiger partial charge on any atom is 0.239 e. The van der Waals surface area contributed by atoms with E-state index in [-0.39, 0.29) is 29.3 Å². The zero-order chi connectivity index (χ0) is 32.9. The van der Waals surface area contributed by atoms with Crippen molar-refractivity contribution in [3.8, 4) is 0 Å². The average molecular weight is 658 g/mol. The van der Waals surface area contributed by atoms with Crippen LogP contribution in [0.1, 0.15) is 38.2 Å². The van der Waals surface area contributed by atoms with Gasteiger partial charge in [0.05, 0.1) is 16.3 Å². The minimum atomic E-state index is -3.94. The van der Waals surface area contributed by atoms with Gasteiger partial charge in [-0.15, -0.1) is 0 Å². The number of rotatable bonds is 14. The van der Waals surface area contributed by atoms with Crippen LogP contribution in [0.25, 0.3) is 21.5 Å². The van der Waals surface area contributed by atoms with Crippen molar-refractivity contribution in [2.24, 2.45) is 11.5 Å². The van der Waals surface area contributed by atoms with Crippen LogP contribution in [-0.4, -0.2) is 40.1 Å². The Morgan fingerprint density at radius 2 is 1.26 bits per heavy atom. The monoisotopic (exact) mass is 657 g/mol. The van der Waals surface area contributed by atoms with Gasteiger partial charge >= 0.3 is 0 Å². The molecule has 0 radical (unpaired) electrons. The smallest absolute Gasteiger partial charge is 0.239 e. The second kappa shape index (κ2) is 14.1. The molecule has 5 aromatic rings. The number of Topliss-reactive ketones (excluding diaryl/α,β-unsaturated/α-hetero) is 1. The van der Waals surface area contributed by atoms with E-state index in [2.05, 4.69) is 0 Å². The van der Waals surface area contributed by atoms with Crippen LogP contribution in [0, 0.1) is 0 Å². The summed E-state index contributed by atoms with van der Waals surface area (Å²) in [7, 11) is -7.83. The van der Waals surface area contributed by atoms with Crippen LogP contribution in [0.5, 0.6) is 0 Å². The Morgan fingerprint density at radius 3 is 1.91 bits per heavy atom. The summed E-state index contributed by atoms with van der Waals surface area (Å²) in [5, 5.41) is 2.23. The van der Waals surface area contributed by atoms with Crippen LogP contribution in [0.3, 0.4) is 0 Å². The summed E-state index contributed by atoms with van der Waals surface area (Å²) in [6.07, 6.45) is 1.25. The Hall–Kier alpha value is -4.09. The third-order valence-electron chi connectivity index (χ3n) is 8.34. The zero-order valence-electron chi connectivity index (χ0n) is 25.7. The number of unbranched alkanes of at least 4 members (excludes halogenated alkanes) is 1. The molecule has 0 fully saturated rings. The predicted molar refractivity (Wildman–Crippen MR) is 186 cm³/mol. The molecule has 5 rings (SSSR count). The summed E-state index contributed by atoms with van der Waals surface area (Å²) in [4.78, 5) is 13.6. The molecule has 240 valence electrons. The first kappa shape index (κ1) is 33.3. The van der Waals surface area contributed by atoms with E-state index in [0.29, 0.717) is 24.1 Å². The molecule has 4 N–H and O–H groups in total. The van der Waals surface area contributed by atoms with E-state index in [9.17, 15) is 21.6 Å². The minimum absolute atomic E-state index is 0.103. The Balaban J connectivity index is 1.25. The SMILES string of the molecule is C[C@@H](C(=O)CCCCC(N)C(N)S(=O)(=O)c1ccc2ccccc2c1)N(c1ccc2ccccc2c1)S(=O)(=O)Cc1ccccc1. The lowest BCUT2D eigenvalue weighted by molar-refractivity contribution is -0.119. The van der Waals surface area contributed by atoms with Crippen LogP contribution in [0.15, 0.2) is 120 Å². The van der Waals surface area contributed by atoms with Crippen LogP contribution in [-0.2, 0) is 30.4 Å². The maximum atomic E-state index is 13.8. The van der Waals surface area contributed by atoms with Crippen molar-refractivity contribution in [2.45, 2.75) is 60.7 Å². The van der Waals surface area contributed by atoms with Crippen molar-refractivity contribution in [1.82, 2.24) is 0 Å². The largest absolute Gasteiger partial charge is 0.325 e. The molecule has 3 atom stereocenters. The van der Waals surface area contributed by atoms with Crippen molar-refractivity contribution >= 4 is 52.9 Å². The molecule has 0 saturated carbocycles. The standard InChI is InChI=1S/C36H39N3O5S2/c1-26(39(45(41,42)25-27-11-3-2-4-12-27)32-21-19-28-13-5-7-15-30(28)23-32)35(40)18-10-9-17-34(37)36(38)46(43,44)33-22-20-29-14-6-8-16-31(29)24-33/h2-8,11-16,19-24,26,34,36H,9-10,17-18,25,37-38H2,1H3/t26-,34?,36?/m0/s1. The Labute approximate surface area is 271 Å². The summed E-state index contributed by atoms with van der Waals surface area (Å²) in [5.74, 6) is -0.497. The van der Waals surface area contributed by atoms with Gasteiger partial charge in [-0.1, -0.05) is 97.4 Å². The summed E-state index contributed by atoms with van der Waals surface area (Å²) < 4.78 is 55.4. The van der Waals surface area contributed by atoms with Gasteiger partial charge in [-0.25, -0.2) is 16.8 Å². The third-order valence-corrected chi connectivity index (χ3v) is 12.1. The van der Waals surface area contributed by atoms with E-state index >= 15 is 0 Å². The topological polar surface area (TPSA) is 141 Å². The molecule has 0 spiro atoms. The van der Waals surface area contributed by atoms with Crippen LogP contribution >= 0.6 is 0 Å². The fourth-order valence-corrected chi connectivity index (χ4v) is 8.95. The number of ketones is 1. The third kappa shape index (κ3) is 7.47. The number of benzene rings is 5. The van der Waals surface area contributed by atoms with Crippen LogP contribution in [0.2, 0.25) is 0 Å². The van der Waals surface area contributed by atoms with Gasteiger partial charge in [0.25, 0.3) is 0 Å². The molecule has 2 unspecified atom stereocenters. The highest BCUT2D eigenvalue weighted by molar-refractivity contribution is 7.92. The summed E-state index contributed by atoms with van der Waals surface area (Å²) in [6, 6.07) is 32.4. The number of anilines is 1. The summed E-state index contributed by atoms with van der Waals surface area (Å²) in [6.45, 7) is 1.61. The van der Waals surface area contributed by atoms with E-state index in [1.807, 2.05) is 60.7 Å². The Morgan fingerprint density at radius 1 is 0.696 bits per heavy atom. The van der Waals surface area contributed by atoms with Crippen molar-refractivity contribution in [3.05, 3.63) is 121 Å². The van der Waals surface area contributed by atoms with Crippen LogP contribution < -0.4 is 15.8 Å². The summed E-state index contributed by atoms with van der Waals surface area (Å²) in [5.41, 5.74) is 13.5. The number of sulfonamides is 1. The normalized spacial score (nSPS) is 14.2. The first-order valence-corrected chi connectivity index (χ1v) is 18.4. The first-order chi connectivity index (χ1) is 22.0. The van der Waals surface area contributed by atoms with E-state index in [1.54, 1.807) is 55.5 Å². The van der Waals surface area contributed by atoms with E-state index in [0.717, 1.165) is 21.5 Å². The fraction of sp³-hybridized carbons (Fsp3) is 0.250. The second-order valence-corrected chi connectivity index (χ2v) is 15.6. The van der Waals surface area contributed by atoms with Gasteiger partial charge in [0.1, 0.15) is 11.4 Å². The number of sulfone groups is 1. The number of hydrogen-bond acceptors (Lipinski definition) is 7. The molecule has 46 heavy (non-hydrogen) atoms. The van der Waals surface area contributed by atoms with Crippen molar-refractivity contribution in [1.29, 1.82) is 0 Å². The van der Waals surface area contributed by atoms with Crippen molar-refractivity contribution in [3.63, 3.8) is 0 Å². The molecule has 0 saturated heterocycles. The highest BCUT2D eigenvalue weighted by Crippen LogP contribution is 2.29. The van der Waals surface area contributed by atoms with E-state index in [4.69, 9.17) is 11.5 Å². The minimum Gasteiger partial charge on any atom is -0.325 e. The quantitative estimate of drug-likeness (QED) is 0.141. The zero-order valence-corrected chi connectivity index (χ0v) is 27.3. The second-order valence-electron chi connectivity index (χ2n) is 11.6. The lowest BCUT2D eigenvalue weighted by atomic mass is 10.0. The molecule has 0 aliphatic heterocycles. The number of nitrogens with two attached hydrogens (primary N) is 2. The van der Waals surface area contributed by atoms with Gasteiger partial charge < -0.3 is 11.5 Å². The Kier molecular flexibility index (Phi) is 10.2. The first-order valence-electron chi connectivity index (χ1n) is 15.3. The molecular weight excluding hydrogens is 619 g/mol. The van der Waals surface area contributed by atoms with Crippen molar-refractivity contribution < 1.29 is 21.6 Å². The number of hydrogen-bond donors (Lipinski definition) is 2. The predicted octanol–water partition coefficient (Wildman–Crippen LogP) is 5.93. The van der Waals surface area contributed by atoms with E-state index in [1.165, 1.54) is 10.4 Å². The molecule has 0 aliphatic carbocycles. The van der Waals surface area contributed by atoms with Gasteiger partial charge in [-0.05, 0) is 71.1 Å². The van der Waals surface area contributed by atoms with Gasteiger partial charge in [-0.2, -0.15) is 0 Å². The van der Waals surface area contributed by atoms with Gasteiger partial charge in [0, 0.05) is 12.5 Å². The average Bonchev–Trinajstić information content (AvgIpc) is 3.05. The van der Waals surface area contributed by atoms with Gasteiger partial charge in [0.2, 0.25) is 10.0 Å². The molecule has 0 heterocycles. The van der Waals surface area contributed by atoms with Gasteiger partial charge in [0.15, 0.2) is 15.6 Å². The van der Waals surface area contributed by atoms with Gasteiger partial charge in [-0.3, -0.25) is 9.10 Å². The molecule has 8 nitrogen and oxygen atoms in total. The lowest BCUT2D eigenvalue weighted by Crippen LogP contribution is -2.47. The molecular formula is C36H39N3O5S2. The number of carbonyl (C=O) groups is 1. The van der Waals surface area contributed by atoms with Crippen LogP contribution in [0.4, 0.5) is 5.69 Å². The highest BCUT2D eigenvalue weighted by Gasteiger charge is 2.33. The number of nitrogens with zero attached hydrogens (tertiary/aromatic N) is 1. The van der Waals surface area contributed by atoms with Crippen molar-refractivity contribution in [2.75, 3.05) is 4.31 Å². The Bertz CT molecular complexity index is 2050. The maximum absolute atomic E-state index is 13.8. The summed E-state index contributed by atoms with van der Waals surface area (Å²) >= 11 is 0. The number of fused-ring (bicyclic) bond motifs is 2. The van der Waals surface area contributed by atoms with E-state index < -0.39 is 37.3 Å². The molecule has 10 heteroatoms. The molecule has 0 aliphatic rings. The number of carbonyl (C=O) groups excluding carboxylic acids is 1. The lowest BCUT2D eigenvalue weighted by Gasteiger charge is -2.30. The molecule has 0 bridgehead atoms. The molecule has 5 aromatic carbocycles. The molecule has 0 amide bonds. The molecule has 0 aromatic heterocycles. The fourth-order valence-electron chi connectivity index (χ4n) is 5.71. The highest BCUT2D eigenvalue weighted by atomic mass is 32.2.